The largest absolute Gasteiger partial charge is 0.342 e. The highest BCUT2D eigenvalue weighted by Gasteiger charge is 2.24. The number of hydrogen-bond donors (Lipinski definition) is 3. The lowest BCUT2D eigenvalue weighted by Gasteiger charge is -2.19. The summed E-state index contributed by atoms with van der Waals surface area (Å²) < 4.78 is 0. The molecule has 0 aliphatic heterocycles. The van der Waals surface area contributed by atoms with Crippen LogP contribution < -0.4 is 10.6 Å². The van der Waals surface area contributed by atoms with Gasteiger partial charge in [0.25, 0.3) is 17.3 Å². The minimum atomic E-state index is -0.571. The van der Waals surface area contributed by atoms with E-state index in [-0.39, 0.29) is 39.7 Å². The molecule has 4 rings (SSSR count). The number of nitrogens with zero attached hydrogens (tertiary/aromatic N) is 5. The third-order valence-corrected chi connectivity index (χ3v) is 7.44. The lowest BCUT2D eigenvalue weighted by molar-refractivity contribution is -0.385. The smallest absolute Gasteiger partial charge is 0.272 e. The van der Waals surface area contributed by atoms with E-state index in [1.165, 1.54) is 41.7 Å². The van der Waals surface area contributed by atoms with Gasteiger partial charge >= 0.3 is 0 Å². The zero-order valence-electron chi connectivity index (χ0n) is 22.0. The summed E-state index contributed by atoms with van der Waals surface area (Å²) in [6.07, 6.45) is 0. The number of amides is 2. The molecule has 2 aromatic heterocycles. The normalized spacial score (nSPS) is 11.7. The second-order valence-electron chi connectivity index (χ2n) is 9.14. The number of H-pyrrole nitrogens is 1. The molecule has 0 saturated carbocycles. The molecular weight excluding hydrogens is 572 g/mol. The van der Waals surface area contributed by atoms with E-state index in [0.29, 0.717) is 27.8 Å². The van der Waals surface area contributed by atoms with E-state index >= 15 is 0 Å². The van der Waals surface area contributed by atoms with Crippen LogP contribution in [-0.2, 0) is 4.79 Å². The molecule has 0 unspecified atom stereocenters. The number of rotatable bonds is 11. The first-order valence-electron chi connectivity index (χ1n) is 12.1. The lowest BCUT2D eigenvalue weighted by atomic mass is 10.0. The van der Waals surface area contributed by atoms with Gasteiger partial charge in [0, 0.05) is 40.3 Å². The van der Waals surface area contributed by atoms with Crippen molar-refractivity contribution >= 4 is 51.4 Å². The lowest BCUT2D eigenvalue weighted by Crippen LogP contribution is -2.32. The summed E-state index contributed by atoms with van der Waals surface area (Å²) in [4.78, 5) is 55.3. The maximum atomic E-state index is 12.8. The quantitative estimate of drug-likeness (QED) is 0.121. The molecule has 0 bridgehead atoms. The van der Waals surface area contributed by atoms with Gasteiger partial charge in [-0.05, 0) is 18.9 Å². The molecular formula is C25H24N8O6S2. The van der Waals surface area contributed by atoms with Crippen molar-refractivity contribution in [1.82, 2.24) is 25.5 Å². The molecule has 0 fully saturated rings. The fraction of sp³-hybridized carbons (Fsp3) is 0.240. The van der Waals surface area contributed by atoms with Crippen molar-refractivity contribution in [2.75, 3.05) is 11.1 Å². The maximum absolute atomic E-state index is 12.8. The number of carbonyl (C=O) groups is 2. The topological polar surface area (TPSA) is 199 Å². The van der Waals surface area contributed by atoms with E-state index in [0.717, 1.165) is 11.8 Å². The predicted molar refractivity (Wildman–Crippen MR) is 153 cm³/mol. The van der Waals surface area contributed by atoms with Crippen LogP contribution in [0.4, 0.5) is 16.5 Å². The number of thioether (sulfide) groups is 1. The Bertz CT molecular complexity index is 1620. The van der Waals surface area contributed by atoms with E-state index in [1.54, 1.807) is 24.4 Å². The fourth-order valence-corrected chi connectivity index (χ4v) is 5.05. The van der Waals surface area contributed by atoms with Crippen molar-refractivity contribution in [2.24, 2.45) is 5.92 Å². The van der Waals surface area contributed by atoms with Crippen LogP contribution in [-0.4, -0.2) is 47.6 Å². The summed E-state index contributed by atoms with van der Waals surface area (Å²) >= 11 is 2.27. The standard InChI is InChI=1S/C25H24N8O6S2/c1-13(2)21(28-23(35)16-5-4-6-17(9-16)32(36)37)22-29-25(31-30-22)41-12-20(34)27-24-26-18(11-40-24)15-8-7-14(3)19(10-15)33(38)39/h4-11,13,21H,12H2,1-3H3,(H,28,35)(H,26,27,34)(H,29,30,31)/t21-/m1/s1. The number of aryl methyl sites for hydroxylation is 1. The number of non-ortho nitro benzene ring substituents is 1. The third kappa shape index (κ3) is 7.29. The predicted octanol–water partition coefficient (Wildman–Crippen LogP) is 4.91. The summed E-state index contributed by atoms with van der Waals surface area (Å²) in [5.74, 6) is -0.592. The second kappa shape index (κ2) is 12.6. The third-order valence-electron chi connectivity index (χ3n) is 5.83. The van der Waals surface area contributed by atoms with Crippen molar-refractivity contribution < 1.29 is 19.4 Å². The first kappa shape index (κ1) is 29.3. The molecule has 41 heavy (non-hydrogen) atoms. The SMILES string of the molecule is Cc1ccc(-c2csc(NC(=O)CSc3n[nH]c([C@H](NC(=O)c4cccc([N+](=O)[O-])c4)C(C)C)n3)n2)cc1[N+](=O)[O-]. The highest BCUT2D eigenvalue weighted by Crippen LogP contribution is 2.30. The molecule has 0 aliphatic rings. The van der Waals surface area contributed by atoms with Gasteiger partial charge in [0.05, 0.1) is 27.3 Å². The molecule has 2 heterocycles. The van der Waals surface area contributed by atoms with Gasteiger partial charge in [0.2, 0.25) is 11.1 Å². The number of aromatic nitrogens is 4. The average molecular weight is 597 g/mol. The summed E-state index contributed by atoms with van der Waals surface area (Å²) in [6, 6.07) is 9.68. The molecule has 1 atom stereocenters. The number of nitro benzene ring substituents is 2. The van der Waals surface area contributed by atoms with E-state index in [2.05, 4.69) is 30.8 Å². The van der Waals surface area contributed by atoms with Crippen molar-refractivity contribution in [3.05, 3.63) is 85.0 Å². The molecule has 14 nitrogen and oxygen atoms in total. The second-order valence-corrected chi connectivity index (χ2v) is 10.9. The van der Waals surface area contributed by atoms with E-state index in [9.17, 15) is 29.8 Å². The van der Waals surface area contributed by atoms with Crippen LogP contribution in [0.1, 0.15) is 41.6 Å². The van der Waals surface area contributed by atoms with Crippen molar-refractivity contribution in [1.29, 1.82) is 0 Å². The van der Waals surface area contributed by atoms with Gasteiger partial charge in [-0.3, -0.25) is 34.9 Å². The van der Waals surface area contributed by atoms with Crippen molar-refractivity contribution in [3.8, 4) is 11.3 Å². The van der Waals surface area contributed by atoms with Gasteiger partial charge in [-0.25, -0.2) is 9.97 Å². The molecule has 0 spiro atoms. The van der Waals surface area contributed by atoms with Crippen LogP contribution in [0.5, 0.6) is 0 Å². The first-order chi connectivity index (χ1) is 19.5. The number of hydrogen-bond acceptors (Lipinski definition) is 11. The summed E-state index contributed by atoms with van der Waals surface area (Å²) in [7, 11) is 0. The van der Waals surface area contributed by atoms with E-state index in [1.807, 2.05) is 13.8 Å². The van der Waals surface area contributed by atoms with Gasteiger partial charge in [0.15, 0.2) is 5.13 Å². The maximum Gasteiger partial charge on any atom is 0.272 e. The van der Waals surface area contributed by atoms with Crippen LogP contribution in [0.3, 0.4) is 0 Å². The van der Waals surface area contributed by atoms with Crippen LogP contribution in [0, 0.1) is 33.1 Å². The highest BCUT2D eigenvalue weighted by molar-refractivity contribution is 7.99. The number of aromatic amines is 1. The van der Waals surface area contributed by atoms with E-state index in [4.69, 9.17) is 0 Å². The Morgan fingerprint density at radius 1 is 1.10 bits per heavy atom. The molecule has 3 N–H and O–H groups in total. The minimum absolute atomic E-state index is 0.00771. The van der Waals surface area contributed by atoms with Crippen LogP contribution in [0.15, 0.2) is 53.0 Å². The number of nitrogens with one attached hydrogen (secondary N) is 3. The Morgan fingerprint density at radius 2 is 1.88 bits per heavy atom. The Kier molecular flexibility index (Phi) is 9.04. The molecule has 0 aliphatic carbocycles. The van der Waals surface area contributed by atoms with Gasteiger partial charge in [-0.15, -0.1) is 16.4 Å². The van der Waals surface area contributed by atoms with Gasteiger partial charge < -0.3 is 10.6 Å². The monoisotopic (exact) mass is 596 g/mol. The van der Waals surface area contributed by atoms with Crippen molar-refractivity contribution in [2.45, 2.75) is 32.0 Å². The zero-order chi connectivity index (χ0) is 29.7. The molecule has 0 radical (unpaired) electrons. The fourth-order valence-electron chi connectivity index (χ4n) is 3.71. The molecule has 0 saturated heterocycles. The summed E-state index contributed by atoms with van der Waals surface area (Å²) in [6.45, 7) is 5.40. The Morgan fingerprint density at radius 3 is 2.59 bits per heavy atom. The van der Waals surface area contributed by atoms with Crippen LogP contribution in [0.2, 0.25) is 0 Å². The summed E-state index contributed by atoms with van der Waals surface area (Å²) in [5.41, 5.74) is 1.56. The minimum Gasteiger partial charge on any atom is -0.342 e. The molecule has 2 aromatic carbocycles. The highest BCUT2D eigenvalue weighted by atomic mass is 32.2. The number of carbonyl (C=O) groups excluding carboxylic acids is 2. The zero-order valence-corrected chi connectivity index (χ0v) is 23.6. The van der Waals surface area contributed by atoms with Crippen molar-refractivity contribution in [3.63, 3.8) is 0 Å². The summed E-state index contributed by atoms with van der Waals surface area (Å²) in [5, 5.41) is 37.0. The number of nitro groups is 2. The van der Waals surface area contributed by atoms with E-state index < -0.39 is 21.8 Å². The van der Waals surface area contributed by atoms with Crippen LogP contribution >= 0.6 is 23.1 Å². The molecule has 4 aromatic rings. The van der Waals surface area contributed by atoms with Gasteiger partial charge in [-0.2, -0.15) is 0 Å². The molecule has 212 valence electrons. The number of thiazole rings is 1. The first-order valence-corrected chi connectivity index (χ1v) is 14.0. The number of benzene rings is 2. The Hall–Kier alpha value is -4.70. The van der Waals surface area contributed by atoms with Crippen LogP contribution in [0.25, 0.3) is 11.3 Å². The Labute approximate surface area is 241 Å². The van der Waals surface area contributed by atoms with Gasteiger partial charge in [-0.1, -0.05) is 43.8 Å². The average Bonchev–Trinajstić information content (AvgIpc) is 3.60. The molecule has 2 amide bonds. The molecule has 16 heteroatoms. The number of anilines is 1. The van der Waals surface area contributed by atoms with Gasteiger partial charge in [0.1, 0.15) is 5.82 Å². The Balaban J connectivity index is 1.35.